The Balaban J connectivity index is 1.50. The summed E-state index contributed by atoms with van der Waals surface area (Å²) in [7, 11) is -1.63. The van der Waals surface area contributed by atoms with Gasteiger partial charge in [-0.2, -0.15) is 9.40 Å². The SMILES string of the molecule is Cc1ccc(COCc2nn(C)c3c2CN(S(=O)(=O)c2ccc(C)cc2)CC3)cc1. The van der Waals surface area contributed by atoms with Crippen LogP contribution >= 0.6 is 0 Å². The molecule has 0 fully saturated rings. The van der Waals surface area contributed by atoms with E-state index >= 15 is 0 Å². The van der Waals surface area contributed by atoms with Crippen LogP contribution in [0, 0.1) is 13.8 Å². The van der Waals surface area contributed by atoms with Gasteiger partial charge in [-0.3, -0.25) is 4.68 Å². The van der Waals surface area contributed by atoms with E-state index in [2.05, 4.69) is 36.3 Å². The molecule has 0 N–H and O–H groups in total. The summed E-state index contributed by atoms with van der Waals surface area (Å²) in [6, 6.07) is 15.2. The van der Waals surface area contributed by atoms with Crippen molar-refractivity contribution >= 4 is 10.0 Å². The number of benzene rings is 2. The molecular weight excluding hydrogens is 398 g/mol. The molecular formula is C23H27N3O3S. The zero-order chi connectivity index (χ0) is 21.3. The van der Waals surface area contributed by atoms with Gasteiger partial charge in [-0.15, -0.1) is 0 Å². The van der Waals surface area contributed by atoms with E-state index in [-0.39, 0.29) is 0 Å². The van der Waals surface area contributed by atoms with Crippen LogP contribution in [0.5, 0.6) is 0 Å². The van der Waals surface area contributed by atoms with E-state index in [0.29, 0.717) is 37.6 Å². The Morgan fingerprint density at radius 3 is 2.27 bits per heavy atom. The van der Waals surface area contributed by atoms with Gasteiger partial charge in [0.1, 0.15) is 0 Å². The first-order valence-electron chi connectivity index (χ1n) is 10.1. The van der Waals surface area contributed by atoms with Crippen LogP contribution in [0.25, 0.3) is 0 Å². The predicted molar refractivity (Wildman–Crippen MR) is 115 cm³/mol. The number of hydrogen-bond donors (Lipinski definition) is 0. The molecule has 1 aliphatic heterocycles. The Bertz CT molecular complexity index is 1130. The van der Waals surface area contributed by atoms with Crippen LogP contribution in [0.2, 0.25) is 0 Å². The fourth-order valence-corrected chi connectivity index (χ4v) is 5.18. The zero-order valence-corrected chi connectivity index (χ0v) is 18.4. The minimum atomic E-state index is -3.54. The molecule has 0 atom stereocenters. The van der Waals surface area contributed by atoms with Crippen LogP contribution in [0.3, 0.4) is 0 Å². The summed E-state index contributed by atoms with van der Waals surface area (Å²) in [6.07, 6.45) is 0.641. The molecule has 0 unspecified atom stereocenters. The van der Waals surface area contributed by atoms with Crippen LogP contribution in [-0.4, -0.2) is 29.0 Å². The lowest BCUT2D eigenvalue weighted by Gasteiger charge is -2.27. The third-order valence-corrected chi connectivity index (χ3v) is 7.44. The molecule has 2 aromatic carbocycles. The van der Waals surface area contributed by atoms with Gasteiger partial charge in [0.2, 0.25) is 10.0 Å². The number of hydrogen-bond acceptors (Lipinski definition) is 4. The van der Waals surface area contributed by atoms with E-state index < -0.39 is 10.0 Å². The normalized spacial score (nSPS) is 14.6. The number of fused-ring (bicyclic) bond motifs is 1. The Kier molecular flexibility index (Phi) is 5.77. The number of ether oxygens (including phenoxy) is 1. The van der Waals surface area contributed by atoms with E-state index in [1.807, 2.05) is 30.8 Å². The molecule has 1 aliphatic rings. The van der Waals surface area contributed by atoms with E-state index in [9.17, 15) is 8.42 Å². The molecule has 6 nitrogen and oxygen atoms in total. The van der Waals surface area contributed by atoms with Crippen molar-refractivity contribution in [1.29, 1.82) is 0 Å². The quantitative estimate of drug-likeness (QED) is 0.606. The van der Waals surface area contributed by atoms with Gasteiger partial charge in [-0.05, 0) is 31.5 Å². The van der Waals surface area contributed by atoms with Crippen LogP contribution in [-0.2, 0) is 48.0 Å². The summed E-state index contributed by atoms with van der Waals surface area (Å²) in [4.78, 5) is 0.331. The Hall–Kier alpha value is -2.48. The largest absolute Gasteiger partial charge is 0.370 e. The fraction of sp³-hybridized carbons (Fsp3) is 0.348. The molecule has 0 amide bonds. The number of nitrogens with zero attached hydrogens (tertiary/aromatic N) is 3. The lowest BCUT2D eigenvalue weighted by atomic mass is 10.1. The molecule has 0 spiro atoms. The molecule has 2 heterocycles. The molecule has 1 aromatic heterocycles. The van der Waals surface area contributed by atoms with E-state index in [1.165, 1.54) is 5.56 Å². The maximum Gasteiger partial charge on any atom is 0.243 e. The van der Waals surface area contributed by atoms with Crippen LogP contribution < -0.4 is 0 Å². The smallest absolute Gasteiger partial charge is 0.243 e. The predicted octanol–water partition coefficient (Wildman–Crippen LogP) is 3.50. The summed E-state index contributed by atoms with van der Waals surface area (Å²) in [5, 5.41) is 4.61. The van der Waals surface area contributed by atoms with Gasteiger partial charge in [0.25, 0.3) is 0 Å². The maximum atomic E-state index is 13.1. The summed E-state index contributed by atoms with van der Waals surface area (Å²) in [5.41, 5.74) is 6.21. The Labute approximate surface area is 178 Å². The maximum absolute atomic E-state index is 13.1. The first-order valence-corrected chi connectivity index (χ1v) is 11.5. The average Bonchev–Trinajstić information content (AvgIpc) is 3.05. The second-order valence-electron chi connectivity index (χ2n) is 7.88. The number of rotatable bonds is 6. The van der Waals surface area contributed by atoms with Gasteiger partial charge in [-0.1, -0.05) is 47.5 Å². The highest BCUT2D eigenvalue weighted by Gasteiger charge is 2.31. The van der Waals surface area contributed by atoms with Crippen molar-refractivity contribution in [3.05, 3.63) is 82.2 Å². The number of aryl methyl sites for hydroxylation is 3. The molecule has 158 valence electrons. The van der Waals surface area contributed by atoms with Gasteiger partial charge < -0.3 is 4.74 Å². The fourth-order valence-electron chi connectivity index (χ4n) is 3.78. The minimum absolute atomic E-state index is 0.322. The third kappa shape index (κ3) is 4.19. The molecule has 0 radical (unpaired) electrons. The second kappa shape index (κ2) is 8.34. The van der Waals surface area contributed by atoms with Crippen LogP contribution in [0.1, 0.15) is 33.6 Å². The summed E-state index contributed by atoms with van der Waals surface area (Å²) >= 11 is 0. The molecule has 3 aromatic rings. The van der Waals surface area contributed by atoms with Crippen LogP contribution in [0.15, 0.2) is 53.4 Å². The van der Waals surface area contributed by atoms with E-state index in [0.717, 1.165) is 28.1 Å². The summed E-state index contributed by atoms with van der Waals surface area (Å²) < 4.78 is 35.5. The van der Waals surface area contributed by atoms with Crippen molar-refractivity contribution < 1.29 is 13.2 Å². The second-order valence-corrected chi connectivity index (χ2v) is 9.81. The number of sulfonamides is 1. The van der Waals surface area contributed by atoms with Gasteiger partial charge in [0.15, 0.2) is 0 Å². The molecule has 0 saturated heterocycles. The molecule has 4 rings (SSSR count). The van der Waals surface area contributed by atoms with Crippen molar-refractivity contribution in [1.82, 2.24) is 14.1 Å². The van der Waals surface area contributed by atoms with E-state index in [4.69, 9.17) is 4.74 Å². The van der Waals surface area contributed by atoms with Crippen LogP contribution in [0.4, 0.5) is 0 Å². The van der Waals surface area contributed by atoms with E-state index in [1.54, 1.807) is 16.4 Å². The van der Waals surface area contributed by atoms with Gasteiger partial charge in [0.05, 0.1) is 23.8 Å². The first kappa shape index (κ1) is 20.8. The lowest BCUT2D eigenvalue weighted by Crippen LogP contribution is -2.36. The summed E-state index contributed by atoms with van der Waals surface area (Å²) in [5.74, 6) is 0. The van der Waals surface area contributed by atoms with Crippen molar-refractivity contribution in [2.24, 2.45) is 7.05 Å². The molecule has 0 saturated carbocycles. The van der Waals surface area contributed by atoms with Gasteiger partial charge >= 0.3 is 0 Å². The van der Waals surface area contributed by atoms with Crippen molar-refractivity contribution in [2.75, 3.05) is 6.54 Å². The number of aromatic nitrogens is 2. The highest BCUT2D eigenvalue weighted by Crippen LogP contribution is 2.27. The zero-order valence-electron chi connectivity index (χ0n) is 17.6. The average molecular weight is 426 g/mol. The van der Waals surface area contributed by atoms with Gasteiger partial charge in [0, 0.05) is 37.8 Å². The standard InChI is InChI=1S/C23H27N3O3S/c1-17-4-8-19(9-5-17)15-29-16-22-21-14-26(13-12-23(21)25(3)24-22)30(27,28)20-10-6-18(2)7-11-20/h4-11H,12-16H2,1-3H3. The Morgan fingerprint density at radius 2 is 1.60 bits per heavy atom. The molecule has 0 aliphatic carbocycles. The van der Waals surface area contributed by atoms with Gasteiger partial charge in [-0.25, -0.2) is 8.42 Å². The summed E-state index contributed by atoms with van der Waals surface area (Å²) in [6.45, 7) is 5.63. The molecule has 7 heteroatoms. The monoisotopic (exact) mass is 425 g/mol. The molecule has 0 bridgehead atoms. The molecule has 30 heavy (non-hydrogen) atoms. The highest BCUT2D eigenvalue weighted by molar-refractivity contribution is 7.89. The van der Waals surface area contributed by atoms with Crippen molar-refractivity contribution in [3.8, 4) is 0 Å². The Morgan fingerprint density at radius 1 is 0.967 bits per heavy atom. The minimum Gasteiger partial charge on any atom is -0.370 e. The topological polar surface area (TPSA) is 64.4 Å². The first-order chi connectivity index (χ1) is 14.3. The van der Waals surface area contributed by atoms with Crippen molar-refractivity contribution in [3.63, 3.8) is 0 Å². The highest BCUT2D eigenvalue weighted by atomic mass is 32.2. The van der Waals surface area contributed by atoms with Crippen molar-refractivity contribution in [2.45, 2.75) is 44.9 Å². The third-order valence-electron chi connectivity index (χ3n) is 5.58. The lowest BCUT2D eigenvalue weighted by molar-refractivity contribution is 0.103.